The van der Waals surface area contributed by atoms with Gasteiger partial charge in [0.15, 0.2) is 0 Å². The molecule has 0 spiro atoms. The van der Waals surface area contributed by atoms with Gasteiger partial charge in [-0.1, -0.05) is 51.1 Å². The molecular formula is C21H27N3O2S. The van der Waals surface area contributed by atoms with Crippen LogP contribution < -0.4 is 10.6 Å². The van der Waals surface area contributed by atoms with Gasteiger partial charge in [0.2, 0.25) is 5.91 Å². The van der Waals surface area contributed by atoms with Gasteiger partial charge in [-0.05, 0) is 42.2 Å². The van der Waals surface area contributed by atoms with Crippen LogP contribution in [0.4, 0.5) is 5.69 Å². The summed E-state index contributed by atoms with van der Waals surface area (Å²) in [6, 6.07) is 11.3. The van der Waals surface area contributed by atoms with E-state index in [-0.39, 0.29) is 17.6 Å². The van der Waals surface area contributed by atoms with E-state index in [9.17, 15) is 9.59 Å². The maximum Gasteiger partial charge on any atom is 0.254 e. The minimum absolute atomic E-state index is 0.125. The Labute approximate surface area is 165 Å². The number of rotatable bonds is 9. The highest BCUT2D eigenvalue weighted by atomic mass is 32.2. The molecule has 0 atom stereocenters. The average molecular weight is 386 g/mol. The molecule has 5 nitrogen and oxygen atoms in total. The van der Waals surface area contributed by atoms with Gasteiger partial charge in [-0.15, -0.1) is 0 Å². The number of thioether (sulfide) groups is 1. The van der Waals surface area contributed by atoms with Crippen molar-refractivity contribution in [2.75, 3.05) is 17.6 Å². The molecule has 2 aromatic rings. The Bertz CT molecular complexity index is 760. The second kappa shape index (κ2) is 10.7. The average Bonchev–Trinajstić information content (AvgIpc) is 2.67. The van der Waals surface area contributed by atoms with E-state index in [0.717, 1.165) is 18.5 Å². The summed E-state index contributed by atoms with van der Waals surface area (Å²) in [4.78, 5) is 28.8. The number of nitrogens with one attached hydrogen (secondary N) is 2. The summed E-state index contributed by atoms with van der Waals surface area (Å²) in [5.41, 5.74) is 2.51. The van der Waals surface area contributed by atoms with Crippen LogP contribution in [-0.4, -0.2) is 29.1 Å². The third-order valence-corrected chi connectivity index (χ3v) is 5.04. The molecule has 0 aliphatic carbocycles. The summed E-state index contributed by atoms with van der Waals surface area (Å²) in [6.45, 7) is 6.98. The van der Waals surface area contributed by atoms with Crippen LogP contribution in [0.1, 0.15) is 55.5 Å². The number of nitrogens with zero attached hydrogens (tertiary/aromatic N) is 1. The van der Waals surface area contributed by atoms with Crippen LogP contribution in [-0.2, 0) is 4.79 Å². The van der Waals surface area contributed by atoms with Crippen molar-refractivity contribution >= 4 is 29.3 Å². The smallest absolute Gasteiger partial charge is 0.254 e. The lowest BCUT2D eigenvalue weighted by Gasteiger charge is -2.10. The van der Waals surface area contributed by atoms with Crippen molar-refractivity contribution in [3.8, 4) is 0 Å². The molecule has 0 fully saturated rings. The highest BCUT2D eigenvalue weighted by Crippen LogP contribution is 2.21. The van der Waals surface area contributed by atoms with Crippen molar-refractivity contribution in [1.82, 2.24) is 10.3 Å². The van der Waals surface area contributed by atoms with Crippen molar-refractivity contribution < 1.29 is 9.59 Å². The van der Waals surface area contributed by atoms with Crippen molar-refractivity contribution in [2.24, 2.45) is 0 Å². The molecule has 1 aromatic carbocycles. The SMILES string of the molecule is CCCCNC(=O)c1cccnc1SCC(=O)Nc1ccc(C(C)C)cc1. The molecule has 0 aliphatic rings. The fourth-order valence-electron chi connectivity index (χ4n) is 2.43. The first-order valence-electron chi connectivity index (χ1n) is 9.27. The summed E-state index contributed by atoms with van der Waals surface area (Å²) in [6.07, 6.45) is 3.59. The van der Waals surface area contributed by atoms with Gasteiger partial charge < -0.3 is 10.6 Å². The molecule has 0 unspecified atom stereocenters. The molecular weight excluding hydrogens is 358 g/mol. The highest BCUT2D eigenvalue weighted by Gasteiger charge is 2.14. The van der Waals surface area contributed by atoms with Crippen LogP contribution in [0.5, 0.6) is 0 Å². The van der Waals surface area contributed by atoms with E-state index in [1.165, 1.54) is 17.3 Å². The third-order valence-electron chi connectivity index (χ3n) is 4.03. The van der Waals surface area contributed by atoms with Crippen LogP contribution in [0, 0.1) is 0 Å². The minimum atomic E-state index is -0.149. The Morgan fingerprint density at radius 2 is 1.89 bits per heavy atom. The van der Waals surface area contributed by atoms with Crippen LogP contribution in [0.2, 0.25) is 0 Å². The fourth-order valence-corrected chi connectivity index (χ4v) is 3.23. The molecule has 0 aliphatic heterocycles. The van der Waals surface area contributed by atoms with E-state index in [2.05, 4.69) is 36.4 Å². The zero-order valence-corrected chi connectivity index (χ0v) is 16.9. The number of hydrogen-bond donors (Lipinski definition) is 2. The van der Waals surface area contributed by atoms with E-state index in [1.54, 1.807) is 18.3 Å². The zero-order chi connectivity index (χ0) is 19.6. The zero-order valence-electron chi connectivity index (χ0n) is 16.1. The third kappa shape index (κ3) is 6.71. The number of aromatic nitrogens is 1. The molecule has 0 saturated heterocycles. The second-order valence-electron chi connectivity index (χ2n) is 6.58. The van der Waals surface area contributed by atoms with Gasteiger partial charge in [-0.25, -0.2) is 4.98 Å². The Balaban J connectivity index is 1.92. The van der Waals surface area contributed by atoms with Gasteiger partial charge in [0.25, 0.3) is 5.91 Å². The van der Waals surface area contributed by atoms with Gasteiger partial charge in [0, 0.05) is 18.4 Å². The number of amides is 2. The quantitative estimate of drug-likeness (QED) is 0.494. The number of pyridine rings is 1. The number of carbonyl (C=O) groups is 2. The van der Waals surface area contributed by atoms with E-state index in [0.29, 0.717) is 23.1 Å². The predicted molar refractivity (Wildman–Crippen MR) is 111 cm³/mol. The van der Waals surface area contributed by atoms with Crippen LogP contribution in [0.15, 0.2) is 47.6 Å². The van der Waals surface area contributed by atoms with Crippen LogP contribution in [0.25, 0.3) is 0 Å². The van der Waals surface area contributed by atoms with Gasteiger partial charge in [0.1, 0.15) is 5.03 Å². The Hall–Kier alpha value is -2.34. The molecule has 1 aromatic heterocycles. The molecule has 2 rings (SSSR count). The molecule has 0 saturated carbocycles. The topological polar surface area (TPSA) is 71.1 Å². The van der Waals surface area contributed by atoms with Crippen LogP contribution >= 0.6 is 11.8 Å². The molecule has 27 heavy (non-hydrogen) atoms. The van der Waals surface area contributed by atoms with Gasteiger partial charge in [-0.3, -0.25) is 9.59 Å². The van der Waals surface area contributed by atoms with Gasteiger partial charge in [-0.2, -0.15) is 0 Å². The lowest BCUT2D eigenvalue weighted by atomic mass is 10.0. The van der Waals surface area contributed by atoms with Crippen molar-refractivity contribution in [3.05, 3.63) is 53.7 Å². The maximum absolute atomic E-state index is 12.3. The predicted octanol–water partition coefficient (Wildman–Crippen LogP) is 4.47. The molecule has 0 radical (unpaired) electrons. The summed E-state index contributed by atoms with van der Waals surface area (Å²) in [7, 11) is 0. The Kier molecular flexibility index (Phi) is 8.33. The molecule has 6 heteroatoms. The first-order chi connectivity index (χ1) is 13.0. The number of hydrogen-bond acceptors (Lipinski definition) is 4. The van der Waals surface area contributed by atoms with Crippen LogP contribution in [0.3, 0.4) is 0 Å². The lowest BCUT2D eigenvalue weighted by molar-refractivity contribution is -0.113. The first-order valence-corrected chi connectivity index (χ1v) is 10.3. The van der Waals surface area contributed by atoms with Crippen molar-refractivity contribution in [3.63, 3.8) is 0 Å². The molecule has 0 bridgehead atoms. The monoisotopic (exact) mass is 385 g/mol. The Morgan fingerprint density at radius 1 is 1.15 bits per heavy atom. The van der Waals surface area contributed by atoms with Crippen molar-refractivity contribution in [2.45, 2.75) is 44.6 Å². The first kappa shape index (κ1) is 21.0. The number of anilines is 1. The number of carbonyl (C=O) groups excluding carboxylic acids is 2. The molecule has 2 amide bonds. The summed E-state index contributed by atoms with van der Waals surface area (Å²) < 4.78 is 0. The van der Waals surface area contributed by atoms with E-state index < -0.39 is 0 Å². The molecule has 1 heterocycles. The normalized spacial score (nSPS) is 10.7. The van der Waals surface area contributed by atoms with E-state index in [4.69, 9.17) is 0 Å². The largest absolute Gasteiger partial charge is 0.352 e. The lowest BCUT2D eigenvalue weighted by Crippen LogP contribution is -2.25. The standard InChI is InChI=1S/C21H27N3O2S/c1-4-5-12-22-20(26)18-7-6-13-23-21(18)27-14-19(25)24-17-10-8-16(9-11-17)15(2)3/h6-11,13,15H,4-5,12,14H2,1-3H3,(H,22,26)(H,24,25). The number of benzene rings is 1. The summed E-state index contributed by atoms with van der Waals surface area (Å²) in [5.74, 6) is 0.374. The highest BCUT2D eigenvalue weighted by molar-refractivity contribution is 8.00. The maximum atomic E-state index is 12.3. The molecule has 144 valence electrons. The van der Waals surface area contributed by atoms with Crippen molar-refractivity contribution in [1.29, 1.82) is 0 Å². The molecule has 2 N–H and O–H groups in total. The minimum Gasteiger partial charge on any atom is -0.352 e. The fraction of sp³-hybridized carbons (Fsp3) is 0.381. The summed E-state index contributed by atoms with van der Waals surface area (Å²) >= 11 is 1.27. The van der Waals surface area contributed by atoms with Gasteiger partial charge >= 0.3 is 0 Å². The number of unbranched alkanes of at least 4 members (excludes halogenated alkanes) is 1. The summed E-state index contributed by atoms with van der Waals surface area (Å²) in [5, 5.41) is 6.34. The van der Waals surface area contributed by atoms with Gasteiger partial charge in [0.05, 0.1) is 11.3 Å². The van der Waals surface area contributed by atoms with E-state index in [1.807, 2.05) is 24.3 Å². The Morgan fingerprint density at radius 3 is 2.56 bits per heavy atom. The van der Waals surface area contributed by atoms with E-state index >= 15 is 0 Å². The second-order valence-corrected chi connectivity index (χ2v) is 7.54.